The normalized spacial score (nSPS) is 11.4. The van der Waals surface area contributed by atoms with Crippen LogP contribution in [0, 0.1) is 0 Å². The van der Waals surface area contributed by atoms with Crippen molar-refractivity contribution in [2.45, 2.75) is 12.7 Å². The molecule has 1 amide bonds. The van der Waals surface area contributed by atoms with E-state index < -0.39 is 29.9 Å². The van der Waals surface area contributed by atoms with Gasteiger partial charge in [-0.1, -0.05) is 0 Å². The zero-order valence-corrected chi connectivity index (χ0v) is 7.28. The zero-order valence-electron chi connectivity index (χ0n) is 7.28. The number of primary amides is 1. The van der Waals surface area contributed by atoms with Gasteiger partial charge in [0.2, 0.25) is 0 Å². The fourth-order valence-electron chi connectivity index (χ4n) is 0.934. The van der Waals surface area contributed by atoms with Crippen molar-refractivity contribution >= 4 is 5.91 Å². The number of rotatable bonds is 2. The minimum Gasteiger partial charge on any atom is -0.364 e. The van der Waals surface area contributed by atoms with E-state index in [1.54, 1.807) is 0 Å². The fourth-order valence-corrected chi connectivity index (χ4v) is 0.934. The summed E-state index contributed by atoms with van der Waals surface area (Å²) in [5, 5.41) is 0. The molecule has 82 valence electrons. The van der Waals surface area contributed by atoms with E-state index in [2.05, 4.69) is 4.98 Å². The van der Waals surface area contributed by atoms with Crippen molar-refractivity contribution in [3.05, 3.63) is 28.4 Å². The van der Waals surface area contributed by atoms with Gasteiger partial charge in [-0.3, -0.25) is 9.59 Å². The Morgan fingerprint density at radius 3 is 2.60 bits per heavy atom. The van der Waals surface area contributed by atoms with E-state index in [1.807, 2.05) is 0 Å². The van der Waals surface area contributed by atoms with Gasteiger partial charge >= 0.3 is 6.18 Å². The largest absolute Gasteiger partial charge is 0.406 e. The lowest BCUT2D eigenvalue weighted by atomic mass is 10.4. The predicted molar refractivity (Wildman–Crippen MR) is 43.1 cm³/mol. The summed E-state index contributed by atoms with van der Waals surface area (Å²) >= 11 is 0. The van der Waals surface area contributed by atoms with Gasteiger partial charge in [-0.15, -0.1) is 0 Å². The van der Waals surface area contributed by atoms with Crippen LogP contribution in [0.1, 0.15) is 10.5 Å². The zero-order chi connectivity index (χ0) is 11.6. The molecule has 0 aliphatic carbocycles. The maximum absolute atomic E-state index is 12.0. The van der Waals surface area contributed by atoms with Gasteiger partial charge in [0.15, 0.2) is 5.69 Å². The maximum Gasteiger partial charge on any atom is 0.406 e. The Labute approximate surface area is 81.3 Å². The highest BCUT2D eigenvalue weighted by Crippen LogP contribution is 2.15. The molecule has 2 N–H and O–H groups in total. The number of halogens is 3. The summed E-state index contributed by atoms with van der Waals surface area (Å²) in [6, 6.07) is 0. The second-order valence-electron chi connectivity index (χ2n) is 2.69. The summed E-state index contributed by atoms with van der Waals surface area (Å²) in [6.07, 6.45) is -2.80. The molecule has 0 atom stereocenters. The van der Waals surface area contributed by atoms with Gasteiger partial charge in [0.05, 0.1) is 0 Å². The van der Waals surface area contributed by atoms with E-state index in [4.69, 9.17) is 5.73 Å². The average Bonchev–Trinajstić information content (AvgIpc) is 2.05. The van der Waals surface area contributed by atoms with Crippen LogP contribution in [-0.4, -0.2) is 21.6 Å². The molecule has 1 heterocycles. The van der Waals surface area contributed by atoms with Gasteiger partial charge in [-0.25, -0.2) is 4.98 Å². The first kappa shape index (κ1) is 11.2. The van der Waals surface area contributed by atoms with Gasteiger partial charge in [-0.05, 0) is 0 Å². The van der Waals surface area contributed by atoms with Crippen LogP contribution < -0.4 is 11.3 Å². The SMILES string of the molecule is NC(=O)c1nccn(CC(F)(F)F)c1=O. The van der Waals surface area contributed by atoms with Gasteiger partial charge in [-0.2, -0.15) is 13.2 Å². The molecule has 1 aromatic rings. The molecule has 0 spiro atoms. The van der Waals surface area contributed by atoms with Gasteiger partial charge in [0, 0.05) is 12.4 Å². The molecule has 15 heavy (non-hydrogen) atoms. The summed E-state index contributed by atoms with van der Waals surface area (Å²) in [5.74, 6) is -1.16. The number of carbonyl (C=O) groups excluding carboxylic acids is 1. The maximum atomic E-state index is 12.0. The highest BCUT2D eigenvalue weighted by molar-refractivity contribution is 5.90. The highest BCUT2D eigenvalue weighted by Gasteiger charge is 2.29. The molecular formula is C7H6F3N3O2. The summed E-state index contributed by atoms with van der Waals surface area (Å²) in [6.45, 7) is -1.48. The number of alkyl halides is 3. The lowest BCUT2D eigenvalue weighted by Gasteiger charge is -2.08. The molecular weight excluding hydrogens is 215 g/mol. The second-order valence-corrected chi connectivity index (χ2v) is 2.69. The van der Waals surface area contributed by atoms with Crippen LogP contribution in [0.3, 0.4) is 0 Å². The molecule has 1 rings (SSSR count). The lowest BCUT2D eigenvalue weighted by molar-refractivity contribution is -0.141. The number of nitrogens with two attached hydrogens (primary N) is 1. The Bertz CT molecular complexity index is 438. The van der Waals surface area contributed by atoms with Gasteiger partial charge in [0.25, 0.3) is 11.5 Å². The summed E-state index contributed by atoms with van der Waals surface area (Å²) < 4.78 is 36.2. The van der Waals surface area contributed by atoms with Crippen molar-refractivity contribution in [2.24, 2.45) is 5.73 Å². The number of aromatic nitrogens is 2. The Balaban J connectivity index is 3.17. The highest BCUT2D eigenvalue weighted by atomic mass is 19.4. The van der Waals surface area contributed by atoms with Crippen LogP contribution in [0.2, 0.25) is 0 Å². The molecule has 0 saturated carbocycles. The number of carbonyl (C=O) groups is 1. The van der Waals surface area contributed by atoms with Gasteiger partial charge < -0.3 is 10.3 Å². The third-order valence-corrected chi connectivity index (χ3v) is 1.50. The van der Waals surface area contributed by atoms with Crippen molar-refractivity contribution in [1.82, 2.24) is 9.55 Å². The molecule has 0 bridgehead atoms. The number of hydrogen-bond acceptors (Lipinski definition) is 3. The number of amides is 1. The van der Waals surface area contributed by atoms with Crippen molar-refractivity contribution in [2.75, 3.05) is 0 Å². The smallest absolute Gasteiger partial charge is 0.364 e. The lowest BCUT2D eigenvalue weighted by Crippen LogP contribution is -2.34. The van der Waals surface area contributed by atoms with Crippen LogP contribution >= 0.6 is 0 Å². The van der Waals surface area contributed by atoms with E-state index in [-0.39, 0.29) is 0 Å². The predicted octanol–water partition coefficient (Wildman–Crippen LogP) is -0.0955. The summed E-state index contributed by atoms with van der Waals surface area (Å²) in [7, 11) is 0. The molecule has 0 radical (unpaired) electrons. The Morgan fingerprint density at radius 2 is 2.13 bits per heavy atom. The molecule has 0 aliphatic rings. The van der Waals surface area contributed by atoms with Crippen LogP contribution in [0.25, 0.3) is 0 Å². The molecule has 8 heteroatoms. The van der Waals surface area contributed by atoms with Gasteiger partial charge in [0.1, 0.15) is 6.54 Å². The van der Waals surface area contributed by atoms with E-state index in [9.17, 15) is 22.8 Å². The van der Waals surface area contributed by atoms with E-state index >= 15 is 0 Å². The minimum absolute atomic E-state index is 0.326. The first-order valence-corrected chi connectivity index (χ1v) is 3.73. The molecule has 0 fully saturated rings. The van der Waals surface area contributed by atoms with E-state index in [0.717, 1.165) is 12.4 Å². The number of hydrogen-bond donors (Lipinski definition) is 1. The van der Waals surface area contributed by atoms with Crippen LogP contribution in [0.4, 0.5) is 13.2 Å². The molecule has 0 aliphatic heterocycles. The summed E-state index contributed by atoms with van der Waals surface area (Å²) in [5.41, 5.74) is 2.89. The standard InChI is InChI=1S/C7H6F3N3O2/c8-7(9,10)3-13-2-1-12-4(5(11)14)6(13)15/h1-2H,3H2,(H2,11,14). The molecule has 0 aromatic carbocycles. The third kappa shape index (κ3) is 2.79. The quantitative estimate of drug-likeness (QED) is 0.757. The van der Waals surface area contributed by atoms with Crippen molar-refractivity contribution in [3.63, 3.8) is 0 Å². The van der Waals surface area contributed by atoms with Crippen molar-refractivity contribution < 1.29 is 18.0 Å². The monoisotopic (exact) mass is 221 g/mol. The Kier molecular flexibility index (Phi) is 2.78. The molecule has 0 unspecified atom stereocenters. The second kappa shape index (κ2) is 3.71. The first-order chi connectivity index (χ1) is 6.81. The summed E-state index contributed by atoms with van der Waals surface area (Å²) in [4.78, 5) is 25.1. The van der Waals surface area contributed by atoms with Crippen molar-refractivity contribution in [3.8, 4) is 0 Å². The average molecular weight is 221 g/mol. The first-order valence-electron chi connectivity index (χ1n) is 3.73. The van der Waals surface area contributed by atoms with E-state index in [0.29, 0.717) is 4.57 Å². The Hall–Kier alpha value is -1.86. The van der Waals surface area contributed by atoms with Crippen LogP contribution in [-0.2, 0) is 6.54 Å². The molecule has 0 saturated heterocycles. The topological polar surface area (TPSA) is 78.0 Å². The molecule has 5 nitrogen and oxygen atoms in total. The van der Waals surface area contributed by atoms with Crippen molar-refractivity contribution in [1.29, 1.82) is 0 Å². The minimum atomic E-state index is -4.54. The van der Waals surface area contributed by atoms with E-state index in [1.165, 1.54) is 0 Å². The number of nitrogens with zero attached hydrogens (tertiary/aromatic N) is 2. The third-order valence-electron chi connectivity index (χ3n) is 1.50. The molecule has 1 aromatic heterocycles. The van der Waals surface area contributed by atoms with Crippen LogP contribution in [0.15, 0.2) is 17.2 Å². The van der Waals surface area contributed by atoms with Crippen LogP contribution in [0.5, 0.6) is 0 Å². The Morgan fingerprint density at radius 1 is 1.53 bits per heavy atom. The fraction of sp³-hybridized carbons (Fsp3) is 0.286.